The van der Waals surface area contributed by atoms with E-state index in [1.165, 1.54) is 7.11 Å². The van der Waals surface area contributed by atoms with Crippen LogP contribution in [0.4, 0.5) is 0 Å². The Morgan fingerprint density at radius 3 is 2.55 bits per heavy atom. The summed E-state index contributed by atoms with van der Waals surface area (Å²) < 4.78 is 10.6. The molecule has 1 aliphatic carbocycles. The summed E-state index contributed by atoms with van der Waals surface area (Å²) >= 11 is 0. The number of hydrogen-bond donors (Lipinski definition) is 1. The predicted molar refractivity (Wildman–Crippen MR) is 114 cm³/mol. The van der Waals surface area contributed by atoms with E-state index in [1.807, 2.05) is 36.1 Å². The number of ketones is 1. The van der Waals surface area contributed by atoms with Crippen molar-refractivity contribution in [1.82, 2.24) is 10.2 Å². The van der Waals surface area contributed by atoms with E-state index in [4.69, 9.17) is 9.47 Å². The molecule has 1 aromatic rings. The van der Waals surface area contributed by atoms with Gasteiger partial charge in [0.05, 0.1) is 19.3 Å². The van der Waals surface area contributed by atoms with Gasteiger partial charge in [0, 0.05) is 36.7 Å². The number of nitrogens with zero attached hydrogens (tertiary/aromatic N) is 1. The van der Waals surface area contributed by atoms with Crippen LogP contribution in [0.1, 0.15) is 45.1 Å². The van der Waals surface area contributed by atoms with E-state index in [0.717, 1.165) is 11.3 Å². The number of fused-ring (bicyclic) bond motifs is 2. The molecular formula is C24H28N2O5. The van der Waals surface area contributed by atoms with Crippen molar-refractivity contribution in [3.8, 4) is 5.75 Å². The lowest BCUT2D eigenvalue weighted by Gasteiger charge is -2.46. The Kier molecular flexibility index (Phi) is 5.37. The minimum Gasteiger partial charge on any atom is -0.494 e. The first kappa shape index (κ1) is 21.2. The van der Waals surface area contributed by atoms with Gasteiger partial charge in [0.25, 0.3) is 5.91 Å². The molecule has 1 atom stereocenters. The van der Waals surface area contributed by atoms with Gasteiger partial charge in [-0.3, -0.25) is 9.59 Å². The number of rotatable bonds is 4. The third kappa shape index (κ3) is 3.62. The van der Waals surface area contributed by atoms with Crippen LogP contribution in [0.15, 0.2) is 46.8 Å². The Morgan fingerprint density at radius 2 is 1.90 bits per heavy atom. The SMILES string of the molecule is CCOc1ccc([C@@H]2C3=C(CC(C)(C)CC3=O)N3CCNC(=O)C3=C2C(=O)OC)cc1. The van der Waals surface area contributed by atoms with Crippen LogP contribution < -0.4 is 10.1 Å². The topological polar surface area (TPSA) is 84.9 Å². The molecule has 2 heterocycles. The number of allylic oxidation sites excluding steroid dienone is 2. The van der Waals surface area contributed by atoms with E-state index in [1.54, 1.807) is 0 Å². The van der Waals surface area contributed by atoms with Crippen LogP contribution in [0, 0.1) is 5.41 Å². The summed E-state index contributed by atoms with van der Waals surface area (Å²) in [4.78, 5) is 41.2. The average molecular weight is 424 g/mol. The molecule has 7 nitrogen and oxygen atoms in total. The van der Waals surface area contributed by atoms with Crippen molar-refractivity contribution in [3.63, 3.8) is 0 Å². The quantitative estimate of drug-likeness (QED) is 0.748. The largest absolute Gasteiger partial charge is 0.494 e. The molecule has 3 aliphatic rings. The molecule has 4 rings (SSSR count). The fourth-order valence-corrected chi connectivity index (χ4v) is 4.87. The van der Waals surface area contributed by atoms with Crippen LogP contribution in [0.3, 0.4) is 0 Å². The number of amides is 1. The zero-order chi connectivity index (χ0) is 22.3. The summed E-state index contributed by atoms with van der Waals surface area (Å²) in [5.74, 6) is -0.852. The third-order valence-electron chi connectivity index (χ3n) is 6.09. The third-order valence-corrected chi connectivity index (χ3v) is 6.09. The first-order valence-electron chi connectivity index (χ1n) is 10.6. The van der Waals surface area contributed by atoms with Gasteiger partial charge in [-0.1, -0.05) is 26.0 Å². The van der Waals surface area contributed by atoms with Crippen molar-refractivity contribution in [2.75, 3.05) is 26.8 Å². The maximum Gasteiger partial charge on any atom is 0.337 e. The van der Waals surface area contributed by atoms with Gasteiger partial charge < -0.3 is 19.7 Å². The molecule has 1 aromatic carbocycles. The van der Waals surface area contributed by atoms with Gasteiger partial charge in [0.15, 0.2) is 5.78 Å². The predicted octanol–water partition coefficient (Wildman–Crippen LogP) is 2.68. The number of piperazine rings is 1. The van der Waals surface area contributed by atoms with Crippen LogP contribution in [0.2, 0.25) is 0 Å². The molecule has 164 valence electrons. The van der Waals surface area contributed by atoms with E-state index in [2.05, 4.69) is 19.2 Å². The molecule has 0 unspecified atom stereocenters. The molecule has 0 saturated carbocycles. The first-order valence-corrected chi connectivity index (χ1v) is 10.6. The Bertz CT molecular complexity index is 1000. The van der Waals surface area contributed by atoms with Crippen LogP contribution in [0.5, 0.6) is 5.75 Å². The van der Waals surface area contributed by atoms with Gasteiger partial charge in [-0.25, -0.2) is 4.79 Å². The molecule has 0 aromatic heterocycles. The molecule has 7 heteroatoms. The number of esters is 1. The number of hydrogen-bond acceptors (Lipinski definition) is 6. The molecule has 1 saturated heterocycles. The Labute approximate surface area is 182 Å². The average Bonchev–Trinajstić information content (AvgIpc) is 2.73. The molecule has 0 spiro atoms. The molecule has 31 heavy (non-hydrogen) atoms. The first-order chi connectivity index (χ1) is 14.8. The van der Waals surface area contributed by atoms with Gasteiger partial charge >= 0.3 is 5.97 Å². The van der Waals surface area contributed by atoms with Crippen molar-refractivity contribution in [2.45, 2.75) is 39.5 Å². The summed E-state index contributed by atoms with van der Waals surface area (Å²) in [6.07, 6.45) is 1.05. The number of carbonyl (C=O) groups is 3. The smallest absolute Gasteiger partial charge is 0.337 e. The molecule has 0 bridgehead atoms. The number of Topliss-reactive ketones (excluding diaryl/α,β-unsaturated/α-hetero) is 1. The van der Waals surface area contributed by atoms with E-state index in [0.29, 0.717) is 49.6 Å². The van der Waals surface area contributed by atoms with Crippen molar-refractivity contribution in [1.29, 1.82) is 0 Å². The lowest BCUT2D eigenvalue weighted by Crippen LogP contribution is -2.51. The summed E-state index contributed by atoms with van der Waals surface area (Å²) in [6, 6.07) is 7.35. The zero-order valence-electron chi connectivity index (χ0n) is 18.4. The standard InChI is InChI=1S/C24H28N2O5/c1-5-31-15-8-6-14(7-9-15)18-19-16(12-24(2,3)13-17(19)27)26-11-10-25-22(28)21(26)20(18)23(29)30-4/h6-9,18H,5,10-13H2,1-4H3,(H,25,28)/t18-/m1/s1. The molecule has 1 N–H and O–H groups in total. The zero-order valence-corrected chi connectivity index (χ0v) is 18.4. The molecular weight excluding hydrogens is 396 g/mol. The maximum absolute atomic E-state index is 13.4. The number of nitrogens with one attached hydrogen (secondary N) is 1. The second-order valence-corrected chi connectivity index (χ2v) is 8.90. The Morgan fingerprint density at radius 1 is 1.19 bits per heavy atom. The molecule has 0 radical (unpaired) electrons. The normalized spacial score (nSPS) is 22.6. The lowest BCUT2D eigenvalue weighted by atomic mass is 9.68. The summed E-state index contributed by atoms with van der Waals surface area (Å²) in [7, 11) is 1.30. The van der Waals surface area contributed by atoms with E-state index < -0.39 is 11.9 Å². The van der Waals surface area contributed by atoms with Crippen molar-refractivity contribution in [3.05, 3.63) is 52.4 Å². The van der Waals surface area contributed by atoms with Gasteiger partial charge in [-0.05, 0) is 36.5 Å². The highest BCUT2D eigenvalue weighted by Gasteiger charge is 2.48. The fourth-order valence-electron chi connectivity index (χ4n) is 4.87. The number of methoxy groups -OCH3 is 1. The highest BCUT2D eigenvalue weighted by molar-refractivity contribution is 6.09. The number of benzene rings is 1. The van der Waals surface area contributed by atoms with Crippen LogP contribution in [0.25, 0.3) is 0 Å². The fraction of sp³-hybridized carbons (Fsp3) is 0.458. The van der Waals surface area contributed by atoms with Gasteiger partial charge in [0.1, 0.15) is 11.4 Å². The van der Waals surface area contributed by atoms with Crippen molar-refractivity contribution in [2.24, 2.45) is 5.41 Å². The summed E-state index contributed by atoms with van der Waals surface area (Å²) in [5.41, 5.74) is 2.49. The summed E-state index contributed by atoms with van der Waals surface area (Å²) in [6.45, 7) is 7.53. The van der Waals surface area contributed by atoms with E-state index >= 15 is 0 Å². The van der Waals surface area contributed by atoms with Gasteiger partial charge in [0.2, 0.25) is 0 Å². The van der Waals surface area contributed by atoms with Crippen molar-refractivity contribution >= 4 is 17.7 Å². The molecule has 1 fully saturated rings. The van der Waals surface area contributed by atoms with Crippen LogP contribution in [-0.2, 0) is 19.1 Å². The highest BCUT2D eigenvalue weighted by atomic mass is 16.5. The second kappa shape index (κ2) is 7.87. The molecule has 1 amide bonds. The van der Waals surface area contributed by atoms with E-state index in [-0.39, 0.29) is 22.7 Å². The van der Waals surface area contributed by atoms with Crippen LogP contribution >= 0.6 is 0 Å². The molecule has 2 aliphatic heterocycles. The number of carbonyl (C=O) groups excluding carboxylic acids is 3. The Balaban J connectivity index is 1.95. The van der Waals surface area contributed by atoms with Crippen LogP contribution in [-0.4, -0.2) is 49.4 Å². The summed E-state index contributed by atoms with van der Waals surface area (Å²) in [5, 5.41) is 2.84. The maximum atomic E-state index is 13.4. The minimum atomic E-state index is -0.656. The number of ether oxygens (including phenoxy) is 2. The Hall–Kier alpha value is -3.09. The van der Waals surface area contributed by atoms with Gasteiger partial charge in [-0.2, -0.15) is 0 Å². The van der Waals surface area contributed by atoms with E-state index in [9.17, 15) is 14.4 Å². The van der Waals surface area contributed by atoms with Gasteiger partial charge in [-0.15, -0.1) is 0 Å². The van der Waals surface area contributed by atoms with Crippen molar-refractivity contribution < 1.29 is 23.9 Å². The highest BCUT2D eigenvalue weighted by Crippen LogP contribution is 2.50. The lowest BCUT2D eigenvalue weighted by molar-refractivity contribution is -0.137. The monoisotopic (exact) mass is 424 g/mol. The minimum absolute atomic E-state index is 0.0107. The second-order valence-electron chi connectivity index (χ2n) is 8.90.